The SMILES string of the molecule is CC1(C)c2cc(C3CCCCC3)ccc2-c2ccc(N(c3c(C4CCCCC4)ccc4ccccc34)c3cccc4c3oc3c(C5CCCCC5)cccc34)cc21. The lowest BCUT2D eigenvalue weighted by Crippen LogP contribution is -2.18. The predicted octanol–water partition coefficient (Wildman–Crippen LogP) is 16.7. The monoisotopic (exact) mass is 747 g/mol. The van der Waals surface area contributed by atoms with Crippen LogP contribution in [0.5, 0.6) is 0 Å². The number of benzene rings is 6. The minimum atomic E-state index is -0.109. The standard InChI is InChI=1S/C55H57NO/c1-55(2)49-34-40(36-16-6-3-7-17-36)29-32-45(49)46-33-30-41(35-50(46)55)56(52-42-23-13-12-22-39(42)28-31-43(52)37-18-8-4-9-19-37)51-27-15-26-48-47-25-14-24-44(53(47)57-54(48)51)38-20-10-5-11-21-38/h12-15,22-38H,3-11,16-21H2,1-2H3. The molecule has 7 aromatic rings. The van der Waals surface area contributed by atoms with Gasteiger partial charge in [0, 0.05) is 27.3 Å². The summed E-state index contributed by atoms with van der Waals surface area (Å²) in [6.45, 7) is 4.93. The average Bonchev–Trinajstić information content (AvgIpc) is 3.77. The highest BCUT2D eigenvalue weighted by molar-refractivity contribution is 6.12. The minimum Gasteiger partial charge on any atom is -0.454 e. The molecule has 57 heavy (non-hydrogen) atoms. The number of anilines is 3. The summed E-state index contributed by atoms with van der Waals surface area (Å²) < 4.78 is 7.30. The minimum absolute atomic E-state index is 0.109. The van der Waals surface area contributed by atoms with Crippen molar-refractivity contribution in [2.45, 2.75) is 133 Å². The number of furan rings is 1. The van der Waals surface area contributed by atoms with Gasteiger partial charge >= 0.3 is 0 Å². The summed E-state index contributed by atoms with van der Waals surface area (Å²) in [6.07, 6.45) is 19.7. The van der Waals surface area contributed by atoms with Gasteiger partial charge in [-0.2, -0.15) is 0 Å². The van der Waals surface area contributed by atoms with E-state index >= 15 is 0 Å². The van der Waals surface area contributed by atoms with E-state index in [0.717, 1.165) is 16.9 Å². The van der Waals surface area contributed by atoms with E-state index < -0.39 is 0 Å². The number of para-hydroxylation sites is 2. The van der Waals surface area contributed by atoms with Crippen molar-refractivity contribution in [3.63, 3.8) is 0 Å². The molecule has 0 N–H and O–H groups in total. The van der Waals surface area contributed by atoms with Gasteiger partial charge in [0.25, 0.3) is 0 Å². The van der Waals surface area contributed by atoms with Crippen LogP contribution in [0.25, 0.3) is 43.8 Å². The Morgan fingerprint density at radius 2 is 1.09 bits per heavy atom. The third-order valence-corrected chi connectivity index (χ3v) is 15.0. The Bertz CT molecular complexity index is 2620. The summed E-state index contributed by atoms with van der Waals surface area (Å²) in [6, 6.07) is 42.7. The Balaban J connectivity index is 1.14. The summed E-state index contributed by atoms with van der Waals surface area (Å²) in [5.74, 6) is 1.79. The quantitative estimate of drug-likeness (QED) is 0.168. The zero-order valence-corrected chi connectivity index (χ0v) is 34.1. The second-order valence-corrected chi connectivity index (χ2v) is 18.7. The van der Waals surface area contributed by atoms with E-state index in [1.807, 2.05) is 0 Å². The molecule has 1 aromatic heterocycles. The fourth-order valence-corrected chi connectivity index (χ4v) is 12.0. The molecule has 1 heterocycles. The summed E-state index contributed by atoms with van der Waals surface area (Å²) >= 11 is 0. The van der Waals surface area contributed by atoms with Crippen LogP contribution in [0.1, 0.15) is 156 Å². The molecule has 3 saturated carbocycles. The first-order chi connectivity index (χ1) is 28.0. The van der Waals surface area contributed by atoms with Crippen molar-refractivity contribution in [1.29, 1.82) is 0 Å². The van der Waals surface area contributed by atoms with Crippen LogP contribution in [-0.4, -0.2) is 0 Å². The van der Waals surface area contributed by atoms with Gasteiger partial charge in [0.1, 0.15) is 5.58 Å². The maximum absolute atomic E-state index is 7.30. The Hall–Kier alpha value is -4.82. The van der Waals surface area contributed by atoms with Crippen molar-refractivity contribution in [1.82, 2.24) is 0 Å². The van der Waals surface area contributed by atoms with Crippen molar-refractivity contribution < 1.29 is 4.42 Å². The second-order valence-electron chi connectivity index (χ2n) is 18.7. The highest BCUT2D eigenvalue weighted by atomic mass is 16.3. The third-order valence-electron chi connectivity index (χ3n) is 15.0. The van der Waals surface area contributed by atoms with Gasteiger partial charge in [0.05, 0.1) is 11.4 Å². The lowest BCUT2D eigenvalue weighted by molar-refractivity contribution is 0.442. The average molecular weight is 748 g/mol. The first kappa shape index (κ1) is 35.4. The van der Waals surface area contributed by atoms with Gasteiger partial charge in [0.2, 0.25) is 0 Å². The highest BCUT2D eigenvalue weighted by Gasteiger charge is 2.38. The van der Waals surface area contributed by atoms with Gasteiger partial charge in [-0.05, 0) is 119 Å². The van der Waals surface area contributed by atoms with E-state index in [0.29, 0.717) is 17.8 Å². The molecule has 2 nitrogen and oxygen atoms in total. The highest BCUT2D eigenvalue weighted by Crippen LogP contribution is 2.54. The summed E-state index contributed by atoms with van der Waals surface area (Å²) in [7, 11) is 0. The fourth-order valence-electron chi connectivity index (χ4n) is 12.0. The number of hydrogen-bond donors (Lipinski definition) is 0. The van der Waals surface area contributed by atoms with Crippen LogP contribution in [0.4, 0.5) is 17.1 Å². The van der Waals surface area contributed by atoms with Gasteiger partial charge in [-0.25, -0.2) is 0 Å². The van der Waals surface area contributed by atoms with E-state index in [2.05, 4.69) is 128 Å². The molecule has 0 spiro atoms. The smallest absolute Gasteiger partial charge is 0.159 e. The van der Waals surface area contributed by atoms with E-state index in [-0.39, 0.29) is 5.41 Å². The predicted molar refractivity (Wildman–Crippen MR) is 241 cm³/mol. The molecule has 4 aliphatic rings. The van der Waals surface area contributed by atoms with Crippen molar-refractivity contribution in [2.24, 2.45) is 0 Å². The van der Waals surface area contributed by atoms with Crippen molar-refractivity contribution in [2.75, 3.05) is 4.90 Å². The molecule has 4 aliphatic carbocycles. The summed E-state index contributed by atoms with van der Waals surface area (Å²) in [5, 5.41) is 5.07. The van der Waals surface area contributed by atoms with Gasteiger partial charge in [0.15, 0.2) is 5.58 Å². The van der Waals surface area contributed by atoms with E-state index in [1.54, 1.807) is 5.56 Å². The van der Waals surface area contributed by atoms with Crippen LogP contribution < -0.4 is 4.90 Å². The molecule has 3 fully saturated rings. The van der Waals surface area contributed by atoms with Crippen LogP contribution in [0, 0.1) is 0 Å². The zero-order valence-electron chi connectivity index (χ0n) is 34.1. The third kappa shape index (κ3) is 5.87. The fraction of sp³-hybridized carbons (Fsp3) is 0.382. The summed E-state index contributed by atoms with van der Waals surface area (Å²) in [4.78, 5) is 2.63. The molecular weight excluding hydrogens is 691 g/mol. The molecule has 6 aromatic carbocycles. The molecule has 0 bridgehead atoms. The van der Waals surface area contributed by atoms with Gasteiger partial charge < -0.3 is 9.32 Å². The van der Waals surface area contributed by atoms with Gasteiger partial charge in [-0.3, -0.25) is 0 Å². The molecule has 0 amide bonds. The Morgan fingerprint density at radius 1 is 0.491 bits per heavy atom. The lowest BCUT2D eigenvalue weighted by Gasteiger charge is -2.33. The molecule has 11 rings (SSSR count). The van der Waals surface area contributed by atoms with Crippen LogP contribution in [0.3, 0.4) is 0 Å². The van der Waals surface area contributed by atoms with E-state index in [9.17, 15) is 0 Å². The summed E-state index contributed by atoms with van der Waals surface area (Å²) in [5.41, 5.74) is 15.8. The first-order valence-electron chi connectivity index (χ1n) is 22.6. The molecule has 288 valence electrons. The molecule has 0 radical (unpaired) electrons. The molecule has 0 atom stereocenters. The Labute approximate surface area is 339 Å². The molecule has 2 heteroatoms. The van der Waals surface area contributed by atoms with Crippen LogP contribution in [-0.2, 0) is 5.41 Å². The second kappa shape index (κ2) is 14.2. The number of fused-ring (bicyclic) bond motifs is 7. The molecule has 0 saturated heterocycles. The maximum atomic E-state index is 7.30. The molecule has 0 unspecified atom stereocenters. The van der Waals surface area contributed by atoms with E-state index in [4.69, 9.17) is 4.42 Å². The topological polar surface area (TPSA) is 16.4 Å². The number of hydrogen-bond acceptors (Lipinski definition) is 2. The van der Waals surface area contributed by atoms with Gasteiger partial charge in [-0.15, -0.1) is 0 Å². The van der Waals surface area contributed by atoms with Crippen molar-refractivity contribution >= 4 is 49.8 Å². The van der Waals surface area contributed by atoms with Crippen LogP contribution >= 0.6 is 0 Å². The lowest BCUT2D eigenvalue weighted by atomic mass is 9.78. The van der Waals surface area contributed by atoms with Crippen LogP contribution in [0.2, 0.25) is 0 Å². The Morgan fingerprint density at radius 3 is 1.82 bits per heavy atom. The zero-order chi connectivity index (χ0) is 38.1. The molecule has 0 aliphatic heterocycles. The van der Waals surface area contributed by atoms with Crippen LogP contribution in [0.15, 0.2) is 114 Å². The van der Waals surface area contributed by atoms with E-state index in [1.165, 1.54) is 163 Å². The number of rotatable bonds is 6. The first-order valence-corrected chi connectivity index (χ1v) is 22.6. The normalized spacial score (nSPS) is 19.0. The molecular formula is C55H57NO. The number of nitrogens with zero attached hydrogens (tertiary/aromatic N) is 1. The van der Waals surface area contributed by atoms with Crippen molar-refractivity contribution in [3.05, 3.63) is 137 Å². The van der Waals surface area contributed by atoms with Crippen molar-refractivity contribution in [3.8, 4) is 11.1 Å². The Kier molecular flexibility index (Phi) is 8.82. The largest absolute Gasteiger partial charge is 0.454 e. The maximum Gasteiger partial charge on any atom is 0.159 e. The van der Waals surface area contributed by atoms with Gasteiger partial charge in [-0.1, -0.05) is 163 Å².